The summed E-state index contributed by atoms with van der Waals surface area (Å²) in [6.07, 6.45) is -4.19. The van der Waals surface area contributed by atoms with E-state index in [1.807, 2.05) is 35.2 Å². The number of benzene rings is 2. The normalized spacial score (nSPS) is 17.2. The number of hydrogen-bond donors (Lipinski definition) is 2. The van der Waals surface area contributed by atoms with E-state index in [0.717, 1.165) is 24.1 Å². The maximum Gasteiger partial charge on any atom is 0.416 e. The van der Waals surface area contributed by atoms with E-state index in [1.54, 1.807) is 13.1 Å². The highest BCUT2D eigenvalue weighted by molar-refractivity contribution is 5.86. The van der Waals surface area contributed by atoms with Crippen molar-refractivity contribution >= 4 is 11.9 Å². The van der Waals surface area contributed by atoms with Gasteiger partial charge in [-0.1, -0.05) is 42.5 Å². The molecule has 1 aliphatic rings. The number of amides is 1. The monoisotopic (exact) mass is 448 g/mol. The second-order valence-electron chi connectivity index (χ2n) is 7.41. The molecule has 0 spiro atoms. The molecule has 0 bridgehead atoms. The quantitative estimate of drug-likeness (QED) is 0.527. The standard InChI is InChI=1S/C23H27F3N4O2/c1-27-22(29-15-21(31)28-11-10-17-6-3-2-4-7-17)30-12-13-32-20(16-30)18-8-5-9-19(14-18)23(24,25)26/h2-9,14,20H,10-13,15-16H2,1H3,(H,27,29)(H,28,31). The zero-order valence-corrected chi connectivity index (χ0v) is 17.9. The smallest absolute Gasteiger partial charge is 0.370 e. The predicted octanol–water partition coefficient (Wildman–Crippen LogP) is 3.01. The van der Waals surface area contributed by atoms with Crippen LogP contribution >= 0.6 is 0 Å². The van der Waals surface area contributed by atoms with Crippen LogP contribution in [0.5, 0.6) is 0 Å². The number of nitrogens with one attached hydrogen (secondary N) is 2. The molecule has 1 heterocycles. The van der Waals surface area contributed by atoms with E-state index in [-0.39, 0.29) is 12.5 Å². The molecule has 1 saturated heterocycles. The van der Waals surface area contributed by atoms with Crippen LogP contribution in [0.3, 0.4) is 0 Å². The zero-order valence-electron chi connectivity index (χ0n) is 17.9. The van der Waals surface area contributed by atoms with Gasteiger partial charge in [-0.05, 0) is 29.7 Å². The first-order chi connectivity index (χ1) is 15.4. The lowest BCUT2D eigenvalue weighted by molar-refractivity contribution is -0.137. The summed E-state index contributed by atoms with van der Waals surface area (Å²) >= 11 is 0. The van der Waals surface area contributed by atoms with E-state index in [2.05, 4.69) is 15.6 Å². The van der Waals surface area contributed by atoms with Gasteiger partial charge in [0.2, 0.25) is 5.91 Å². The van der Waals surface area contributed by atoms with Gasteiger partial charge in [0.25, 0.3) is 0 Å². The van der Waals surface area contributed by atoms with Crippen LogP contribution in [0, 0.1) is 0 Å². The topological polar surface area (TPSA) is 66.0 Å². The van der Waals surface area contributed by atoms with Gasteiger partial charge in [0.1, 0.15) is 6.10 Å². The molecule has 0 aromatic heterocycles. The van der Waals surface area contributed by atoms with Crippen molar-refractivity contribution in [2.75, 3.05) is 39.8 Å². The van der Waals surface area contributed by atoms with Crippen molar-refractivity contribution in [1.82, 2.24) is 15.5 Å². The molecule has 2 aromatic rings. The lowest BCUT2D eigenvalue weighted by Crippen LogP contribution is -2.50. The summed E-state index contributed by atoms with van der Waals surface area (Å²) in [7, 11) is 1.60. The lowest BCUT2D eigenvalue weighted by atomic mass is 10.0. The SMILES string of the molecule is CN=C(NCC(=O)NCCc1ccccc1)N1CCOC(c2cccc(C(F)(F)F)c2)C1. The highest BCUT2D eigenvalue weighted by Crippen LogP contribution is 2.32. The van der Waals surface area contributed by atoms with Crippen molar-refractivity contribution in [1.29, 1.82) is 0 Å². The lowest BCUT2D eigenvalue weighted by Gasteiger charge is -2.35. The summed E-state index contributed by atoms with van der Waals surface area (Å²) in [6.45, 7) is 1.76. The Hall–Kier alpha value is -3.07. The Balaban J connectivity index is 1.51. The Morgan fingerprint density at radius 1 is 1.16 bits per heavy atom. The number of carbonyl (C=O) groups excluding carboxylic acids is 1. The number of aliphatic imine (C=N–C) groups is 1. The molecule has 3 rings (SSSR count). The Morgan fingerprint density at radius 2 is 1.94 bits per heavy atom. The van der Waals surface area contributed by atoms with Crippen molar-refractivity contribution in [3.63, 3.8) is 0 Å². The first-order valence-corrected chi connectivity index (χ1v) is 10.4. The third-order valence-corrected chi connectivity index (χ3v) is 5.15. The molecule has 1 amide bonds. The first-order valence-electron chi connectivity index (χ1n) is 10.4. The van der Waals surface area contributed by atoms with Gasteiger partial charge in [-0.15, -0.1) is 0 Å². The second-order valence-corrected chi connectivity index (χ2v) is 7.41. The number of rotatable bonds is 6. The van der Waals surface area contributed by atoms with Crippen LogP contribution in [0.25, 0.3) is 0 Å². The summed E-state index contributed by atoms with van der Waals surface area (Å²) in [5, 5.41) is 5.89. The van der Waals surface area contributed by atoms with Crippen molar-refractivity contribution in [3.05, 3.63) is 71.3 Å². The highest BCUT2D eigenvalue weighted by atomic mass is 19.4. The number of halogens is 3. The summed E-state index contributed by atoms with van der Waals surface area (Å²) in [5.41, 5.74) is 0.898. The van der Waals surface area contributed by atoms with E-state index >= 15 is 0 Å². The number of carbonyl (C=O) groups is 1. The minimum atomic E-state index is -4.41. The Kier molecular flexibility index (Phi) is 8.10. The number of alkyl halides is 3. The van der Waals surface area contributed by atoms with Crippen LogP contribution < -0.4 is 10.6 Å². The van der Waals surface area contributed by atoms with Crippen molar-refractivity contribution in [2.24, 2.45) is 4.99 Å². The maximum absolute atomic E-state index is 13.0. The molecule has 0 aliphatic carbocycles. The van der Waals surface area contributed by atoms with Crippen LogP contribution in [0.2, 0.25) is 0 Å². The van der Waals surface area contributed by atoms with Crippen LogP contribution in [-0.2, 0) is 22.1 Å². The molecular weight excluding hydrogens is 421 g/mol. The zero-order chi connectivity index (χ0) is 23.0. The Labute approximate surface area is 185 Å². The van der Waals surface area contributed by atoms with E-state index in [1.165, 1.54) is 6.07 Å². The molecule has 32 heavy (non-hydrogen) atoms. The largest absolute Gasteiger partial charge is 0.416 e. The van der Waals surface area contributed by atoms with Crippen molar-refractivity contribution in [2.45, 2.75) is 18.7 Å². The fourth-order valence-corrected chi connectivity index (χ4v) is 3.50. The average molecular weight is 448 g/mol. The molecule has 1 unspecified atom stereocenters. The van der Waals surface area contributed by atoms with Gasteiger partial charge < -0.3 is 20.3 Å². The van der Waals surface area contributed by atoms with Crippen LogP contribution in [0.15, 0.2) is 59.6 Å². The summed E-state index contributed by atoms with van der Waals surface area (Å²) in [4.78, 5) is 18.3. The van der Waals surface area contributed by atoms with E-state index in [4.69, 9.17) is 4.74 Å². The third kappa shape index (κ3) is 6.71. The number of nitrogens with zero attached hydrogens (tertiary/aromatic N) is 2. The minimum absolute atomic E-state index is 0.0487. The van der Waals surface area contributed by atoms with Gasteiger partial charge in [0.15, 0.2) is 5.96 Å². The summed E-state index contributed by atoms with van der Waals surface area (Å²) in [6, 6.07) is 15.0. The maximum atomic E-state index is 13.0. The minimum Gasteiger partial charge on any atom is -0.370 e. The molecule has 1 aliphatic heterocycles. The number of ether oxygens (including phenoxy) is 1. The van der Waals surface area contributed by atoms with Gasteiger partial charge in [0.05, 0.1) is 25.3 Å². The van der Waals surface area contributed by atoms with Crippen LogP contribution in [-0.4, -0.2) is 56.6 Å². The van der Waals surface area contributed by atoms with Crippen molar-refractivity contribution < 1.29 is 22.7 Å². The molecule has 6 nitrogen and oxygen atoms in total. The van der Waals surface area contributed by atoms with Gasteiger partial charge in [-0.3, -0.25) is 9.79 Å². The molecule has 2 aromatic carbocycles. The van der Waals surface area contributed by atoms with Crippen LogP contribution in [0.4, 0.5) is 13.2 Å². The van der Waals surface area contributed by atoms with E-state index in [0.29, 0.717) is 37.8 Å². The highest BCUT2D eigenvalue weighted by Gasteiger charge is 2.32. The summed E-state index contributed by atoms with van der Waals surface area (Å²) < 4.78 is 44.8. The van der Waals surface area contributed by atoms with Crippen molar-refractivity contribution in [3.8, 4) is 0 Å². The number of morpholine rings is 1. The fourth-order valence-electron chi connectivity index (χ4n) is 3.50. The van der Waals surface area contributed by atoms with Gasteiger partial charge in [0, 0.05) is 20.1 Å². The molecule has 0 saturated carbocycles. The molecule has 2 N–H and O–H groups in total. The van der Waals surface area contributed by atoms with Gasteiger partial charge in [-0.25, -0.2) is 0 Å². The van der Waals surface area contributed by atoms with Gasteiger partial charge in [-0.2, -0.15) is 13.2 Å². The fraction of sp³-hybridized carbons (Fsp3) is 0.391. The van der Waals surface area contributed by atoms with Gasteiger partial charge >= 0.3 is 6.18 Å². The molecule has 9 heteroatoms. The number of hydrogen-bond acceptors (Lipinski definition) is 3. The Morgan fingerprint density at radius 3 is 2.66 bits per heavy atom. The summed E-state index contributed by atoms with van der Waals surface area (Å²) in [5.74, 6) is 0.341. The molecular formula is C23H27F3N4O2. The number of guanidine groups is 1. The average Bonchev–Trinajstić information content (AvgIpc) is 2.80. The third-order valence-electron chi connectivity index (χ3n) is 5.15. The molecule has 0 radical (unpaired) electrons. The molecule has 1 fully saturated rings. The first kappa shape index (κ1) is 23.6. The van der Waals surface area contributed by atoms with Crippen LogP contribution in [0.1, 0.15) is 22.8 Å². The predicted molar refractivity (Wildman–Crippen MR) is 116 cm³/mol. The van der Waals surface area contributed by atoms with E-state index in [9.17, 15) is 18.0 Å². The Bertz CT molecular complexity index is 919. The molecule has 1 atom stereocenters. The molecule has 172 valence electrons. The van der Waals surface area contributed by atoms with E-state index < -0.39 is 17.8 Å². The second kappa shape index (κ2) is 11.0.